The predicted octanol–water partition coefficient (Wildman–Crippen LogP) is 0.264. The Bertz CT molecular complexity index is 568. The highest BCUT2D eigenvalue weighted by Crippen LogP contribution is 2.28. The van der Waals surface area contributed by atoms with Crippen LogP contribution in [0.2, 0.25) is 0 Å². The summed E-state index contributed by atoms with van der Waals surface area (Å²) in [6.45, 7) is 0. The van der Waals surface area contributed by atoms with Crippen LogP contribution in [0.4, 0.5) is 5.69 Å². The van der Waals surface area contributed by atoms with Gasteiger partial charge in [0.2, 0.25) is 0 Å². The van der Waals surface area contributed by atoms with E-state index in [-0.39, 0.29) is 28.8 Å². The molecule has 0 saturated carbocycles. The Morgan fingerprint density at radius 1 is 1.47 bits per heavy atom. The molecule has 0 bridgehead atoms. The summed E-state index contributed by atoms with van der Waals surface area (Å²) in [7, 11) is -3.01. The molecule has 17 heavy (non-hydrogen) atoms. The van der Waals surface area contributed by atoms with Crippen LogP contribution >= 0.6 is 0 Å². The molecule has 2 heterocycles. The Morgan fingerprint density at radius 3 is 2.71 bits per heavy atom. The first-order valence-corrected chi connectivity index (χ1v) is 6.91. The minimum atomic E-state index is -3.01. The number of pyridine rings is 1. The number of rotatable bonds is 2. The third kappa shape index (κ3) is 2.38. The quantitative estimate of drug-likeness (QED) is 0.785. The van der Waals surface area contributed by atoms with Gasteiger partial charge in [0.25, 0.3) is 0 Å². The van der Waals surface area contributed by atoms with Crippen molar-refractivity contribution in [1.82, 2.24) is 4.98 Å². The largest absolute Gasteiger partial charge is 0.476 e. The van der Waals surface area contributed by atoms with E-state index >= 15 is 0 Å². The number of carboxylic acid groups (broad SMARTS) is 1. The van der Waals surface area contributed by atoms with Crippen LogP contribution in [0.5, 0.6) is 0 Å². The maximum atomic E-state index is 11.3. The Balaban J connectivity index is 2.35. The van der Waals surface area contributed by atoms with Crippen molar-refractivity contribution < 1.29 is 18.3 Å². The number of nitrogen functional groups attached to an aromatic ring is 1. The second-order valence-electron chi connectivity index (χ2n) is 4.08. The van der Waals surface area contributed by atoms with E-state index < -0.39 is 15.8 Å². The molecule has 1 aromatic heterocycles. The summed E-state index contributed by atoms with van der Waals surface area (Å²) in [5.74, 6) is -1.27. The van der Waals surface area contributed by atoms with Gasteiger partial charge in [-0.2, -0.15) is 0 Å². The maximum Gasteiger partial charge on any atom is 0.356 e. The number of nitrogens with zero attached hydrogens (tertiary/aromatic N) is 1. The summed E-state index contributed by atoms with van der Waals surface area (Å²) in [6.07, 6.45) is 0.484. The minimum absolute atomic E-state index is 0.0307. The molecule has 0 spiro atoms. The summed E-state index contributed by atoms with van der Waals surface area (Å²) in [4.78, 5) is 14.8. The molecular formula is C10H12N2O4S. The molecular weight excluding hydrogens is 244 g/mol. The highest BCUT2D eigenvalue weighted by molar-refractivity contribution is 7.91. The SMILES string of the molecule is Nc1ccc(C2CCS(=O)(=O)C2)nc1C(=O)O. The Kier molecular flexibility index (Phi) is 2.78. The number of aromatic nitrogens is 1. The van der Waals surface area contributed by atoms with E-state index in [4.69, 9.17) is 10.8 Å². The molecule has 1 aliphatic rings. The average Bonchev–Trinajstić information content (AvgIpc) is 2.59. The lowest BCUT2D eigenvalue weighted by Crippen LogP contribution is -2.11. The van der Waals surface area contributed by atoms with Gasteiger partial charge in [-0.25, -0.2) is 18.2 Å². The number of hydrogen-bond donors (Lipinski definition) is 2. The molecule has 0 radical (unpaired) electrons. The molecule has 1 atom stereocenters. The zero-order valence-electron chi connectivity index (χ0n) is 8.96. The third-order valence-corrected chi connectivity index (χ3v) is 4.57. The molecule has 0 aromatic carbocycles. The number of hydrogen-bond acceptors (Lipinski definition) is 5. The van der Waals surface area contributed by atoms with Crippen LogP contribution in [0, 0.1) is 0 Å². The van der Waals surface area contributed by atoms with Crippen molar-refractivity contribution in [2.24, 2.45) is 0 Å². The van der Waals surface area contributed by atoms with Gasteiger partial charge in [-0.15, -0.1) is 0 Å². The van der Waals surface area contributed by atoms with E-state index in [0.29, 0.717) is 12.1 Å². The van der Waals surface area contributed by atoms with Gasteiger partial charge in [-0.3, -0.25) is 0 Å². The molecule has 92 valence electrons. The van der Waals surface area contributed by atoms with E-state index in [9.17, 15) is 13.2 Å². The first kappa shape index (κ1) is 11.8. The second kappa shape index (κ2) is 3.99. The second-order valence-corrected chi connectivity index (χ2v) is 6.31. The first-order valence-electron chi connectivity index (χ1n) is 5.09. The average molecular weight is 256 g/mol. The van der Waals surface area contributed by atoms with Crippen molar-refractivity contribution in [3.8, 4) is 0 Å². The fourth-order valence-electron chi connectivity index (χ4n) is 1.91. The van der Waals surface area contributed by atoms with Crippen molar-refractivity contribution in [3.05, 3.63) is 23.5 Å². The van der Waals surface area contributed by atoms with Gasteiger partial charge >= 0.3 is 5.97 Å². The van der Waals surface area contributed by atoms with Crippen LogP contribution in [-0.2, 0) is 9.84 Å². The molecule has 1 fully saturated rings. The van der Waals surface area contributed by atoms with Gasteiger partial charge in [0.1, 0.15) is 0 Å². The van der Waals surface area contributed by atoms with Crippen LogP contribution in [0.25, 0.3) is 0 Å². The Labute approximate surface area is 98.4 Å². The molecule has 1 unspecified atom stereocenters. The van der Waals surface area contributed by atoms with E-state index in [1.165, 1.54) is 6.07 Å². The number of anilines is 1. The molecule has 2 rings (SSSR count). The fourth-order valence-corrected chi connectivity index (χ4v) is 3.67. The summed E-state index contributed by atoms with van der Waals surface area (Å²) in [5, 5.41) is 8.87. The van der Waals surface area contributed by atoms with Gasteiger partial charge in [-0.05, 0) is 18.6 Å². The molecule has 3 N–H and O–H groups in total. The number of aromatic carboxylic acids is 1. The Morgan fingerprint density at radius 2 is 2.18 bits per heavy atom. The van der Waals surface area contributed by atoms with Gasteiger partial charge in [0.15, 0.2) is 15.5 Å². The van der Waals surface area contributed by atoms with Gasteiger partial charge in [0.05, 0.1) is 17.2 Å². The van der Waals surface area contributed by atoms with Crippen LogP contribution in [0.3, 0.4) is 0 Å². The lowest BCUT2D eigenvalue weighted by Gasteiger charge is -2.09. The Hall–Kier alpha value is -1.63. The molecule has 1 aliphatic heterocycles. The minimum Gasteiger partial charge on any atom is -0.476 e. The van der Waals surface area contributed by atoms with Crippen molar-refractivity contribution in [1.29, 1.82) is 0 Å². The predicted molar refractivity (Wildman–Crippen MR) is 61.6 cm³/mol. The van der Waals surface area contributed by atoms with Crippen LogP contribution in [-0.4, -0.2) is 36.0 Å². The fraction of sp³-hybridized carbons (Fsp3) is 0.400. The summed E-state index contributed by atoms with van der Waals surface area (Å²) in [5.41, 5.74) is 5.83. The van der Waals surface area contributed by atoms with Crippen LogP contribution in [0.1, 0.15) is 28.5 Å². The number of sulfone groups is 1. The topological polar surface area (TPSA) is 110 Å². The van der Waals surface area contributed by atoms with Crippen molar-refractivity contribution in [2.45, 2.75) is 12.3 Å². The molecule has 0 aliphatic carbocycles. The summed E-state index contributed by atoms with van der Waals surface area (Å²) >= 11 is 0. The summed E-state index contributed by atoms with van der Waals surface area (Å²) in [6, 6.07) is 3.05. The van der Waals surface area contributed by atoms with E-state index in [0.717, 1.165) is 0 Å². The highest BCUT2D eigenvalue weighted by Gasteiger charge is 2.30. The van der Waals surface area contributed by atoms with Crippen LogP contribution in [0.15, 0.2) is 12.1 Å². The van der Waals surface area contributed by atoms with Gasteiger partial charge < -0.3 is 10.8 Å². The molecule has 7 heteroatoms. The molecule has 0 amide bonds. The normalized spacial score (nSPS) is 22.5. The smallest absolute Gasteiger partial charge is 0.356 e. The van der Waals surface area contributed by atoms with Gasteiger partial charge in [-0.1, -0.05) is 0 Å². The van der Waals surface area contributed by atoms with Crippen LogP contribution < -0.4 is 5.73 Å². The lowest BCUT2D eigenvalue weighted by molar-refractivity contribution is 0.0691. The molecule has 1 saturated heterocycles. The number of carbonyl (C=O) groups is 1. The molecule has 1 aromatic rings. The highest BCUT2D eigenvalue weighted by atomic mass is 32.2. The number of nitrogens with two attached hydrogens (primary N) is 1. The maximum absolute atomic E-state index is 11.3. The first-order chi connectivity index (χ1) is 7.89. The standard InChI is InChI=1S/C10H12N2O4S/c11-7-1-2-8(12-9(7)10(13)14)6-3-4-17(15,16)5-6/h1-2,6H,3-5,11H2,(H,13,14). The lowest BCUT2D eigenvalue weighted by atomic mass is 10.0. The van der Waals surface area contributed by atoms with Gasteiger partial charge in [0, 0.05) is 11.6 Å². The van der Waals surface area contributed by atoms with E-state index in [2.05, 4.69) is 4.98 Å². The van der Waals surface area contributed by atoms with E-state index in [1.54, 1.807) is 6.07 Å². The van der Waals surface area contributed by atoms with E-state index in [1.807, 2.05) is 0 Å². The number of carboxylic acids is 1. The zero-order valence-corrected chi connectivity index (χ0v) is 9.77. The molecule has 6 nitrogen and oxygen atoms in total. The van der Waals surface area contributed by atoms with Crippen molar-refractivity contribution in [2.75, 3.05) is 17.2 Å². The van der Waals surface area contributed by atoms with Crippen molar-refractivity contribution in [3.63, 3.8) is 0 Å². The van der Waals surface area contributed by atoms with Crippen molar-refractivity contribution >= 4 is 21.5 Å². The third-order valence-electron chi connectivity index (χ3n) is 2.80. The summed E-state index contributed by atoms with van der Waals surface area (Å²) < 4.78 is 22.7. The monoisotopic (exact) mass is 256 g/mol. The zero-order chi connectivity index (χ0) is 12.6.